The van der Waals surface area contributed by atoms with Crippen LogP contribution in [0.3, 0.4) is 0 Å². The molecule has 2 aromatic heterocycles. The zero-order valence-corrected chi connectivity index (χ0v) is 15.3. The van der Waals surface area contributed by atoms with Crippen LogP contribution in [-0.4, -0.2) is 65.6 Å². The largest absolute Gasteiger partial charge is 0.487 e. The third-order valence-electron chi connectivity index (χ3n) is 4.31. The van der Waals surface area contributed by atoms with Crippen LogP contribution >= 0.6 is 0 Å². The molecule has 0 aromatic carbocycles. The zero-order chi connectivity index (χ0) is 19.2. The number of likely N-dealkylation sites (tertiary alicyclic amines) is 1. The number of oxazole rings is 1. The van der Waals surface area contributed by atoms with Crippen molar-refractivity contribution in [3.05, 3.63) is 42.4 Å². The molecule has 1 N–H and O–H groups in total. The van der Waals surface area contributed by atoms with Crippen molar-refractivity contribution in [3.8, 4) is 5.75 Å². The predicted octanol–water partition coefficient (Wildman–Crippen LogP) is 0.803. The van der Waals surface area contributed by atoms with E-state index in [0.717, 1.165) is 0 Å². The van der Waals surface area contributed by atoms with Gasteiger partial charge in [0.1, 0.15) is 17.9 Å². The van der Waals surface area contributed by atoms with Gasteiger partial charge in [-0.05, 0) is 19.1 Å². The molecule has 0 aliphatic carbocycles. The lowest BCUT2D eigenvalue weighted by atomic mass is 10.1. The first kappa shape index (κ1) is 18.8. The van der Waals surface area contributed by atoms with Crippen LogP contribution in [0.4, 0.5) is 0 Å². The van der Waals surface area contributed by atoms with Gasteiger partial charge in [0.2, 0.25) is 11.7 Å². The highest BCUT2D eigenvalue weighted by atomic mass is 16.5. The van der Waals surface area contributed by atoms with Gasteiger partial charge in [-0.25, -0.2) is 4.98 Å². The Morgan fingerprint density at radius 2 is 2.30 bits per heavy atom. The van der Waals surface area contributed by atoms with E-state index in [0.29, 0.717) is 31.0 Å². The lowest BCUT2D eigenvalue weighted by molar-refractivity contribution is -0.125. The van der Waals surface area contributed by atoms with Gasteiger partial charge < -0.3 is 24.1 Å². The Balaban J connectivity index is 1.75. The minimum absolute atomic E-state index is 0.131. The molecule has 1 aliphatic rings. The van der Waals surface area contributed by atoms with E-state index in [1.165, 1.54) is 11.3 Å². The molecule has 3 heterocycles. The van der Waals surface area contributed by atoms with Gasteiger partial charge >= 0.3 is 0 Å². The molecular weight excluding hydrogens is 352 g/mol. The maximum absolute atomic E-state index is 12.9. The highest BCUT2D eigenvalue weighted by Gasteiger charge is 2.42. The molecule has 0 saturated carbocycles. The van der Waals surface area contributed by atoms with Crippen LogP contribution in [0.5, 0.6) is 5.75 Å². The number of nitrogens with zero attached hydrogens (tertiary/aromatic N) is 3. The summed E-state index contributed by atoms with van der Waals surface area (Å²) in [4.78, 5) is 34.9. The number of rotatable bonds is 7. The SMILES string of the molecule is COCCNC(=O)[C@@H]1C[C@H](Oc2cccnc2)CN1C(=O)c1ocnc1C. The Morgan fingerprint density at radius 3 is 2.96 bits per heavy atom. The molecule has 1 fully saturated rings. The van der Waals surface area contributed by atoms with Crippen molar-refractivity contribution in [2.45, 2.75) is 25.5 Å². The maximum atomic E-state index is 12.9. The molecule has 3 rings (SSSR count). The van der Waals surface area contributed by atoms with Gasteiger partial charge in [-0.1, -0.05) is 0 Å². The minimum Gasteiger partial charge on any atom is -0.487 e. The fraction of sp³-hybridized carbons (Fsp3) is 0.444. The predicted molar refractivity (Wildman–Crippen MR) is 94.2 cm³/mol. The molecule has 9 heteroatoms. The first-order valence-electron chi connectivity index (χ1n) is 8.64. The van der Waals surface area contributed by atoms with Crippen molar-refractivity contribution in [3.63, 3.8) is 0 Å². The van der Waals surface area contributed by atoms with Gasteiger partial charge in [0.05, 0.1) is 25.0 Å². The molecule has 27 heavy (non-hydrogen) atoms. The fourth-order valence-corrected chi connectivity index (χ4v) is 3.00. The highest BCUT2D eigenvalue weighted by molar-refractivity contribution is 5.96. The standard InChI is InChI=1S/C18H22N4O5/c1-12-16(26-11-21-12)18(24)22-10-14(27-13-4-3-5-19-9-13)8-15(22)17(23)20-6-7-25-2/h3-5,9,11,14-15H,6-8,10H2,1-2H3,(H,20,23)/t14-,15-/m0/s1. The van der Waals surface area contributed by atoms with Crippen LogP contribution in [0, 0.1) is 6.92 Å². The number of methoxy groups -OCH3 is 1. The number of carbonyl (C=O) groups excluding carboxylic acids is 2. The molecule has 0 radical (unpaired) electrons. The second-order valence-electron chi connectivity index (χ2n) is 6.19. The van der Waals surface area contributed by atoms with Gasteiger partial charge in [-0.15, -0.1) is 0 Å². The van der Waals surface area contributed by atoms with Crippen LogP contribution in [-0.2, 0) is 9.53 Å². The summed E-state index contributed by atoms with van der Waals surface area (Å²) in [7, 11) is 1.56. The lowest BCUT2D eigenvalue weighted by Crippen LogP contribution is -2.46. The van der Waals surface area contributed by atoms with Crippen molar-refractivity contribution >= 4 is 11.8 Å². The molecular formula is C18H22N4O5. The first-order chi connectivity index (χ1) is 13.1. The van der Waals surface area contributed by atoms with E-state index in [4.69, 9.17) is 13.9 Å². The molecule has 2 aromatic rings. The van der Waals surface area contributed by atoms with E-state index >= 15 is 0 Å². The molecule has 2 atom stereocenters. The Morgan fingerprint density at radius 1 is 1.44 bits per heavy atom. The van der Waals surface area contributed by atoms with Crippen molar-refractivity contribution in [2.24, 2.45) is 0 Å². The third kappa shape index (κ3) is 4.43. The number of ether oxygens (including phenoxy) is 2. The molecule has 144 valence electrons. The average molecular weight is 374 g/mol. The number of amides is 2. The minimum atomic E-state index is -0.666. The van der Waals surface area contributed by atoms with E-state index in [1.807, 2.05) is 0 Å². The smallest absolute Gasteiger partial charge is 0.292 e. The van der Waals surface area contributed by atoms with Crippen molar-refractivity contribution in [1.29, 1.82) is 0 Å². The van der Waals surface area contributed by atoms with E-state index in [-0.39, 0.29) is 30.2 Å². The molecule has 9 nitrogen and oxygen atoms in total. The van der Waals surface area contributed by atoms with Crippen molar-refractivity contribution < 1.29 is 23.5 Å². The quantitative estimate of drug-likeness (QED) is 0.715. The molecule has 1 aliphatic heterocycles. The normalized spacial score (nSPS) is 19.1. The molecule has 2 amide bonds. The van der Waals surface area contributed by atoms with E-state index in [2.05, 4.69) is 15.3 Å². The highest BCUT2D eigenvalue weighted by Crippen LogP contribution is 2.25. The Hall–Kier alpha value is -2.94. The zero-order valence-electron chi connectivity index (χ0n) is 15.3. The number of hydrogen-bond acceptors (Lipinski definition) is 7. The summed E-state index contributed by atoms with van der Waals surface area (Å²) in [6.45, 7) is 2.70. The summed E-state index contributed by atoms with van der Waals surface area (Å²) < 4.78 is 16.1. The fourth-order valence-electron chi connectivity index (χ4n) is 3.00. The summed E-state index contributed by atoms with van der Waals surface area (Å²) in [5.41, 5.74) is 0.482. The summed E-state index contributed by atoms with van der Waals surface area (Å²) in [5, 5.41) is 2.78. The molecule has 1 saturated heterocycles. The van der Waals surface area contributed by atoms with Crippen LogP contribution in [0.1, 0.15) is 22.7 Å². The van der Waals surface area contributed by atoms with Gasteiger partial charge in [0.25, 0.3) is 5.91 Å². The summed E-state index contributed by atoms with van der Waals surface area (Å²) >= 11 is 0. The Bertz CT molecular complexity index is 779. The van der Waals surface area contributed by atoms with Crippen LogP contribution in [0.15, 0.2) is 35.3 Å². The maximum Gasteiger partial charge on any atom is 0.292 e. The number of aromatic nitrogens is 2. The topological polar surface area (TPSA) is 107 Å². The Labute approximate surface area is 156 Å². The summed E-state index contributed by atoms with van der Waals surface area (Å²) in [5.74, 6) is 0.0851. The van der Waals surface area contributed by atoms with E-state index < -0.39 is 6.04 Å². The summed E-state index contributed by atoms with van der Waals surface area (Å²) in [6.07, 6.45) is 4.50. The van der Waals surface area contributed by atoms with Gasteiger partial charge in [0.15, 0.2) is 6.39 Å². The Kier molecular flexibility index (Phi) is 6.02. The molecule has 0 bridgehead atoms. The lowest BCUT2D eigenvalue weighted by Gasteiger charge is -2.22. The van der Waals surface area contributed by atoms with E-state index in [9.17, 15) is 9.59 Å². The molecule has 0 unspecified atom stereocenters. The second kappa shape index (κ2) is 8.63. The number of carbonyl (C=O) groups is 2. The van der Waals surface area contributed by atoms with Gasteiger partial charge in [0, 0.05) is 26.3 Å². The van der Waals surface area contributed by atoms with Crippen LogP contribution in [0.2, 0.25) is 0 Å². The van der Waals surface area contributed by atoms with Crippen LogP contribution in [0.25, 0.3) is 0 Å². The molecule has 0 spiro atoms. The third-order valence-corrected chi connectivity index (χ3v) is 4.31. The number of nitrogens with one attached hydrogen (secondary N) is 1. The van der Waals surface area contributed by atoms with Gasteiger partial charge in [-0.3, -0.25) is 14.6 Å². The van der Waals surface area contributed by atoms with Gasteiger partial charge in [-0.2, -0.15) is 0 Å². The summed E-state index contributed by atoms with van der Waals surface area (Å²) in [6, 6.07) is 2.88. The second-order valence-corrected chi connectivity index (χ2v) is 6.19. The first-order valence-corrected chi connectivity index (χ1v) is 8.64. The number of hydrogen-bond donors (Lipinski definition) is 1. The average Bonchev–Trinajstić information content (AvgIpc) is 3.28. The van der Waals surface area contributed by atoms with Crippen molar-refractivity contribution in [2.75, 3.05) is 26.8 Å². The monoisotopic (exact) mass is 374 g/mol. The number of pyridine rings is 1. The number of aryl methyl sites for hydroxylation is 1. The van der Waals surface area contributed by atoms with Crippen LogP contribution < -0.4 is 10.1 Å². The van der Waals surface area contributed by atoms with Crippen molar-refractivity contribution in [1.82, 2.24) is 20.2 Å². The van der Waals surface area contributed by atoms with E-state index in [1.54, 1.807) is 38.6 Å².